The van der Waals surface area contributed by atoms with E-state index in [1.807, 2.05) is 16.7 Å². The van der Waals surface area contributed by atoms with E-state index in [2.05, 4.69) is 9.97 Å². The summed E-state index contributed by atoms with van der Waals surface area (Å²) < 4.78 is 40.1. The smallest absolute Gasteiger partial charge is 0.386 e. The van der Waals surface area contributed by atoms with Crippen LogP contribution in [0.5, 0.6) is 0 Å². The lowest BCUT2D eigenvalue weighted by molar-refractivity contribution is -0.142. The number of carbonyl (C=O) groups is 1. The van der Waals surface area contributed by atoms with Crippen LogP contribution in [-0.4, -0.2) is 56.1 Å². The molecule has 2 fully saturated rings. The molecule has 1 saturated carbocycles. The van der Waals surface area contributed by atoms with Gasteiger partial charge in [0.05, 0.1) is 5.60 Å². The van der Waals surface area contributed by atoms with E-state index in [1.165, 1.54) is 12.3 Å². The Bertz CT molecular complexity index is 1120. The van der Waals surface area contributed by atoms with Gasteiger partial charge in [-0.1, -0.05) is 0 Å². The van der Waals surface area contributed by atoms with Crippen LogP contribution in [0.25, 0.3) is 0 Å². The number of hydrogen-bond donors (Lipinski definition) is 1. The third-order valence-electron chi connectivity index (χ3n) is 6.90. The molecular formula is C24H30F3N5O3. The minimum atomic E-state index is -4.68. The predicted octanol–water partition coefficient (Wildman–Crippen LogP) is 2.65. The normalized spacial score (nSPS) is 23.2. The summed E-state index contributed by atoms with van der Waals surface area (Å²) in [5.41, 5.74) is -2.61. The first kappa shape index (κ1) is 25.2. The van der Waals surface area contributed by atoms with Crippen LogP contribution >= 0.6 is 0 Å². The molecule has 2 aromatic heterocycles. The lowest BCUT2D eigenvalue weighted by Crippen LogP contribution is -2.57. The molecule has 0 bridgehead atoms. The van der Waals surface area contributed by atoms with Crippen LogP contribution < -0.4 is 10.5 Å². The van der Waals surface area contributed by atoms with Gasteiger partial charge in [0, 0.05) is 62.3 Å². The van der Waals surface area contributed by atoms with Gasteiger partial charge in [-0.15, -0.1) is 0 Å². The van der Waals surface area contributed by atoms with Crippen LogP contribution in [-0.2, 0) is 23.1 Å². The van der Waals surface area contributed by atoms with E-state index in [1.54, 1.807) is 26.2 Å². The molecule has 0 radical (unpaired) electrons. The Hall–Kier alpha value is -2.95. The third kappa shape index (κ3) is 5.34. The minimum Gasteiger partial charge on any atom is -0.386 e. The molecule has 1 amide bonds. The highest BCUT2D eigenvalue weighted by molar-refractivity contribution is 5.80. The lowest BCUT2D eigenvalue weighted by atomic mass is 9.74. The van der Waals surface area contributed by atoms with Crippen molar-refractivity contribution >= 4 is 11.9 Å². The fraction of sp³-hybridized carbons (Fsp3) is 0.583. The van der Waals surface area contributed by atoms with Gasteiger partial charge in [-0.05, 0) is 51.7 Å². The summed E-state index contributed by atoms with van der Waals surface area (Å²) in [5, 5.41) is 10.1. The number of alkyl halides is 3. The molecule has 1 saturated heterocycles. The summed E-state index contributed by atoms with van der Waals surface area (Å²) in [5.74, 6) is 0.400. The van der Waals surface area contributed by atoms with Crippen molar-refractivity contribution in [3.05, 3.63) is 52.2 Å². The number of amides is 1. The Kier molecular flexibility index (Phi) is 6.65. The largest absolute Gasteiger partial charge is 0.421 e. The van der Waals surface area contributed by atoms with E-state index >= 15 is 0 Å². The molecule has 1 atom stereocenters. The van der Waals surface area contributed by atoms with Crippen molar-refractivity contribution in [1.82, 2.24) is 19.4 Å². The zero-order chi connectivity index (χ0) is 25.5. The second-order valence-electron chi connectivity index (χ2n) is 10.1. The zero-order valence-electron chi connectivity index (χ0n) is 20.0. The maximum absolute atomic E-state index is 13.1. The lowest BCUT2D eigenvalue weighted by Gasteiger charge is -2.44. The molecule has 0 spiro atoms. The number of pyridine rings is 1. The van der Waals surface area contributed by atoms with Crippen LogP contribution in [0.15, 0.2) is 35.5 Å². The molecule has 2 aliphatic rings. The van der Waals surface area contributed by atoms with Crippen molar-refractivity contribution < 1.29 is 23.1 Å². The maximum Gasteiger partial charge on any atom is 0.421 e. The average Bonchev–Trinajstić information content (AvgIpc) is 2.75. The Balaban J connectivity index is 1.31. The second-order valence-corrected chi connectivity index (χ2v) is 10.1. The van der Waals surface area contributed by atoms with Gasteiger partial charge in [0.1, 0.15) is 5.56 Å². The molecule has 3 heterocycles. The highest BCUT2D eigenvalue weighted by atomic mass is 19.4. The molecule has 1 N–H and O–H groups in total. The first-order valence-corrected chi connectivity index (χ1v) is 11.7. The summed E-state index contributed by atoms with van der Waals surface area (Å²) in [4.78, 5) is 37.8. The summed E-state index contributed by atoms with van der Waals surface area (Å²) in [7, 11) is 0. The Morgan fingerprint density at radius 1 is 1.17 bits per heavy atom. The van der Waals surface area contributed by atoms with Crippen LogP contribution in [0.2, 0.25) is 0 Å². The quantitative estimate of drug-likeness (QED) is 0.689. The van der Waals surface area contributed by atoms with Gasteiger partial charge in [-0.25, -0.2) is 9.97 Å². The highest BCUT2D eigenvalue weighted by Crippen LogP contribution is 2.37. The van der Waals surface area contributed by atoms with Gasteiger partial charge in [0.2, 0.25) is 11.9 Å². The maximum atomic E-state index is 13.1. The number of halogens is 3. The molecule has 2 aromatic rings. The monoisotopic (exact) mass is 493 g/mol. The molecule has 190 valence electrons. The van der Waals surface area contributed by atoms with Crippen LogP contribution in [0.4, 0.5) is 19.1 Å². The number of rotatable bonds is 5. The minimum absolute atomic E-state index is 0.00980. The molecule has 1 aliphatic heterocycles. The molecule has 0 aromatic carbocycles. The standard InChI is InChI=1S/C24H30F3N5O3/c1-15-13-31(22-28-11-18(12-29-22)23(2,3)35)7-8-32(15)20(33)17-9-16(10-17)14-30-6-4-5-19(21(30)34)24(25,26)27/h4-6,11-12,15-17,35H,7-10,13-14H2,1-3H3/t15-,16?,17?/m1/s1. The van der Waals surface area contributed by atoms with Gasteiger partial charge in [0.15, 0.2) is 0 Å². The number of anilines is 1. The van der Waals surface area contributed by atoms with E-state index < -0.39 is 22.9 Å². The molecule has 35 heavy (non-hydrogen) atoms. The second kappa shape index (κ2) is 9.25. The van der Waals surface area contributed by atoms with E-state index in [0.717, 1.165) is 10.6 Å². The Morgan fingerprint density at radius 2 is 1.83 bits per heavy atom. The van der Waals surface area contributed by atoms with Crippen molar-refractivity contribution in [1.29, 1.82) is 0 Å². The third-order valence-corrected chi connectivity index (χ3v) is 6.90. The summed E-state index contributed by atoms with van der Waals surface area (Å²) >= 11 is 0. The summed E-state index contributed by atoms with van der Waals surface area (Å²) in [6.45, 7) is 7.14. The molecule has 11 heteroatoms. The fourth-order valence-corrected chi connectivity index (χ4v) is 4.76. The molecular weight excluding hydrogens is 463 g/mol. The van der Waals surface area contributed by atoms with Crippen LogP contribution in [0.3, 0.4) is 0 Å². The van der Waals surface area contributed by atoms with Gasteiger partial charge in [-0.3, -0.25) is 9.59 Å². The number of hydrogen-bond acceptors (Lipinski definition) is 6. The highest BCUT2D eigenvalue weighted by Gasteiger charge is 2.40. The van der Waals surface area contributed by atoms with Crippen molar-refractivity contribution in [3.8, 4) is 0 Å². The first-order valence-electron chi connectivity index (χ1n) is 11.7. The SMILES string of the molecule is C[C@@H]1CN(c2ncc(C(C)(C)O)cn2)CCN1C(=O)C1CC(Cn2cccc(C(F)(F)F)c2=O)C1. The topological polar surface area (TPSA) is 91.6 Å². The van der Waals surface area contributed by atoms with Crippen LogP contribution in [0.1, 0.15) is 44.7 Å². The summed E-state index contributed by atoms with van der Waals surface area (Å²) in [6, 6.07) is 1.97. The number of piperazine rings is 1. The van der Waals surface area contributed by atoms with Gasteiger partial charge >= 0.3 is 6.18 Å². The molecule has 8 nitrogen and oxygen atoms in total. The van der Waals surface area contributed by atoms with Gasteiger partial charge in [0.25, 0.3) is 5.56 Å². The van der Waals surface area contributed by atoms with Crippen molar-refractivity contribution in [2.24, 2.45) is 11.8 Å². The summed E-state index contributed by atoms with van der Waals surface area (Å²) in [6.07, 6.45) is 0.999. The number of carbonyl (C=O) groups excluding carboxylic acids is 1. The zero-order valence-corrected chi connectivity index (χ0v) is 20.0. The van der Waals surface area contributed by atoms with Gasteiger partial charge < -0.3 is 19.5 Å². The van der Waals surface area contributed by atoms with E-state index in [-0.39, 0.29) is 30.3 Å². The van der Waals surface area contributed by atoms with E-state index in [9.17, 15) is 27.9 Å². The van der Waals surface area contributed by atoms with Gasteiger partial charge in [-0.2, -0.15) is 13.2 Å². The number of aliphatic hydroxyl groups is 1. The van der Waals surface area contributed by atoms with E-state index in [0.29, 0.717) is 44.0 Å². The number of aromatic nitrogens is 3. The molecule has 4 rings (SSSR count). The first-order chi connectivity index (χ1) is 16.3. The van der Waals surface area contributed by atoms with Crippen molar-refractivity contribution in [3.63, 3.8) is 0 Å². The van der Waals surface area contributed by atoms with Crippen LogP contribution in [0, 0.1) is 11.8 Å². The Morgan fingerprint density at radius 3 is 2.40 bits per heavy atom. The van der Waals surface area contributed by atoms with E-state index in [4.69, 9.17) is 0 Å². The molecule has 0 unspecified atom stereocenters. The molecule has 1 aliphatic carbocycles. The predicted molar refractivity (Wildman–Crippen MR) is 123 cm³/mol. The van der Waals surface area contributed by atoms with Crippen molar-refractivity contribution in [2.45, 2.75) is 58.0 Å². The number of nitrogens with zero attached hydrogens (tertiary/aromatic N) is 5. The Labute approximate surface area is 201 Å². The van der Waals surface area contributed by atoms with Crippen molar-refractivity contribution in [2.75, 3.05) is 24.5 Å². The average molecular weight is 494 g/mol. The fourth-order valence-electron chi connectivity index (χ4n) is 4.76.